The number of carbonyl (C=O) groups excluding carboxylic acids is 2. The Morgan fingerprint density at radius 1 is 0.438 bits per heavy atom. The maximum absolute atomic E-state index is 13.8. The Kier molecular flexibility index (Phi) is 25.2. The lowest BCUT2D eigenvalue weighted by molar-refractivity contribution is -0.284. The van der Waals surface area contributed by atoms with Crippen molar-refractivity contribution in [2.24, 2.45) is 10.8 Å². The molecule has 89 heavy (non-hydrogen) atoms. The second-order valence-corrected chi connectivity index (χ2v) is 27.2. The summed E-state index contributed by atoms with van der Waals surface area (Å²) in [5, 5.41) is 11.4. The number of hydrogen-bond donors (Lipinski definition) is 1. The van der Waals surface area contributed by atoms with Gasteiger partial charge in [-0.05, 0) is 173 Å². The van der Waals surface area contributed by atoms with Crippen molar-refractivity contribution < 1.29 is 63.3 Å². The largest absolute Gasteiger partial charge is 0.508 e. The normalized spacial score (nSPS) is 12.4. The summed E-state index contributed by atoms with van der Waals surface area (Å²) in [5.74, 6) is -7.83. The first-order valence-corrected chi connectivity index (χ1v) is 32.1. The number of thiophene rings is 2. The van der Waals surface area contributed by atoms with E-state index in [9.17, 15) is 58.6 Å². The highest BCUT2D eigenvalue weighted by Gasteiger charge is 2.57. The van der Waals surface area contributed by atoms with Crippen LogP contribution in [0.3, 0.4) is 0 Å². The minimum absolute atomic E-state index is 0.0179. The maximum Gasteiger partial charge on any atom is 0.453 e. The topological polar surface area (TPSA) is 63.6 Å². The summed E-state index contributed by atoms with van der Waals surface area (Å²) in [7, 11) is 0. The predicted molar refractivity (Wildman–Crippen MR) is 345 cm³/mol. The van der Waals surface area contributed by atoms with Gasteiger partial charge < -0.3 is 9.84 Å². The summed E-state index contributed by atoms with van der Waals surface area (Å²) in [5.41, 5.74) is 8.84. The molecule has 0 atom stereocenters. The van der Waals surface area contributed by atoms with Crippen LogP contribution in [0.1, 0.15) is 172 Å². The van der Waals surface area contributed by atoms with Gasteiger partial charge in [-0.2, -0.15) is 43.9 Å². The third kappa shape index (κ3) is 20.6. The van der Waals surface area contributed by atoms with Crippen LogP contribution in [0, 0.1) is 38.5 Å². The lowest BCUT2D eigenvalue weighted by Crippen LogP contribution is -2.36. The molecular weight excluding hydrogens is 1220 g/mol. The first kappa shape index (κ1) is 71.8. The second-order valence-electron chi connectivity index (χ2n) is 24.7. The van der Waals surface area contributed by atoms with Crippen molar-refractivity contribution in [3.8, 4) is 32.4 Å². The van der Waals surface area contributed by atoms with Gasteiger partial charge in [0.1, 0.15) is 11.5 Å². The van der Waals surface area contributed by atoms with Crippen molar-refractivity contribution >= 4 is 66.0 Å². The number of fused-ring (bicyclic) bond motifs is 2. The van der Waals surface area contributed by atoms with Crippen molar-refractivity contribution in [3.05, 3.63) is 178 Å². The minimum atomic E-state index is -5.49. The number of carbonyl (C=O) groups is 2. The summed E-state index contributed by atoms with van der Waals surface area (Å²) in [6.45, 7) is 16.3. The van der Waals surface area contributed by atoms with Gasteiger partial charge in [-0.3, -0.25) is 9.59 Å². The molecule has 0 saturated heterocycles. The van der Waals surface area contributed by atoms with Crippen molar-refractivity contribution in [3.63, 3.8) is 0 Å². The molecule has 0 aliphatic carbocycles. The molecule has 0 unspecified atom stereocenters. The maximum atomic E-state index is 13.8. The molecule has 0 aliphatic rings. The number of phenols is 1. The van der Waals surface area contributed by atoms with Crippen LogP contribution in [0.15, 0.2) is 133 Å². The van der Waals surface area contributed by atoms with Gasteiger partial charge in [0.2, 0.25) is 0 Å². The Hall–Kier alpha value is -6.23. The van der Waals surface area contributed by atoms with Crippen LogP contribution in [0.5, 0.6) is 11.5 Å². The highest BCUT2D eigenvalue weighted by atomic mass is 35.5. The molecule has 2 heterocycles. The van der Waals surface area contributed by atoms with Crippen LogP contribution in [0.2, 0.25) is 0 Å². The third-order valence-electron chi connectivity index (χ3n) is 15.8. The van der Waals surface area contributed by atoms with E-state index in [1.165, 1.54) is 11.1 Å². The number of benzene rings is 6. The fourth-order valence-corrected chi connectivity index (χ4v) is 13.1. The molecule has 8 rings (SSSR count). The monoisotopic (exact) mass is 1300 g/mol. The molecule has 1 N–H and O–H groups in total. The number of aromatic hydroxyl groups is 1. The minimum Gasteiger partial charge on any atom is -0.508 e. The molecule has 17 heteroatoms. The predicted octanol–water partition coefficient (Wildman–Crippen LogP) is 24.1. The van der Waals surface area contributed by atoms with Crippen LogP contribution in [0.25, 0.3) is 41.1 Å². The SMILES string of the molecule is CC(C)(CCCCCCl)CCCC(F)(F)C(F)(F)F.Cc1ccc(-c2sc3cc(C)ccc3c2C(=O)c2ccc(O)cc2)cc1.Cc1ccc(-c2sc3cc(C)ccc3c2C(=O)c2ccc(OCCCCCC(C)(C)CCCC(F)(F)C(F)(F)F)cc2)cc1. The zero-order chi connectivity index (χ0) is 65.5. The average Bonchev–Trinajstić information content (AvgIpc) is 1.70. The molecule has 8 aromatic rings. The quantitative estimate of drug-likeness (QED) is 0.0254. The van der Waals surface area contributed by atoms with Crippen LogP contribution >= 0.6 is 34.3 Å². The van der Waals surface area contributed by atoms with Gasteiger partial charge >= 0.3 is 24.2 Å². The van der Waals surface area contributed by atoms with Crippen molar-refractivity contribution in [1.82, 2.24) is 0 Å². The van der Waals surface area contributed by atoms with Gasteiger partial charge in [0.25, 0.3) is 0 Å². The first-order chi connectivity index (χ1) is 41.7. The van der Waals surface area contributed by atoms with Crippen LogP contribution in [-0.2, 0) is 0 Å². The van der Waals surface area contributed by atoms with Crippen molar-refractivity contribution in [1.29, 1.82) is 0 Å². The molecule has 0 bridgehead atoms. The van der Waals surface area contributed by atoms with Crippen LogP contribution < -0.4 is 4.74 Å². The number of aryl methyl sites for hydroxylation is 4. The summed E-state index contributed by atoms with van der Waals surface area (Å²) < 4.78 is 133. The summed E-state index contributed by atoms with van der Waals surface area (Å²) in [6, 6.07) is 42.5. The molecule has 0 amide bonds. The Morgan fingerprint density at radius 3 is 1.18 bits per heavy atom. The van der Waals surface area contributed by atoms with E-state index >= 15 is 0 Å². The third-order valence-corrected chi connectivity index (χ3v) is 18.5. The zero-order valence-electron chi connectivity index (χ0n) is 51.7. The lowest BCUT2D eigenvalue weighted by atomic mass is 9.81. The lowest BCUT2D eigenvalue weighted by Gasteiger charge is -2.26. The molecule has 6 aromatic carbocycles. The Balaban J connectivity index is 0.000000237. The number of phenolic OH excluding ortho intramolecular Hbond substituents is 1. The number of unbranched alkanes of at least 4 members (excludes halogenated alkanes) is 4. The fourth-order valence-electron chi connectivity index (χ4n) is 10.3. The smallest absolute Gasteiger partial charge is 0.453 e. The number of ketones is 2. The molecular formula is C72H79ClF10O4S2. The number of halogens is 11. The van der Waals surface area contributed by atoms with Crippen molar-refractivity contribution in [2.75, 3.05) is 12.5 Å². The summed E-state index contributed by atoms with van der Waals surface area (Å²) in [6.07, 6.45) is -6.00. The van der Waals surface area contributed by atoms with Gasteiger partial charge in [0.15, 0.2) is 11.6 Å². The van der Waals surface area contributed by atoms with E-state index in [-0.39, 0.29) is 41.0 Å². The number of alkyl halides is 11. The fraction of sp³-hybridized carbons (Fsp3) is 0.417. The second kappa shape index (κ2) is 31.2. The zero-order valence-corrected chi connectivity index (χ0v) is 54.1. The van der Waals surface area contributed by atoms with Gasteiger partial charge in [-0.1, -0.05) is 137 Å². The molecule has 0 spiro atoms. The molecule has 4 nitrogen and oxygen atoms in total. The van der Waals surface area contributed by atoms with Gasteiger partial charge in [0, 0.05) is 70.9 Å². The summed E-state index contributed by atoms with van der Waals surface area (Å²) in [4.78, 5) is 29.1. The molecule has 0 fully saturated rings. The van der Waals surface area contributed by atoms with Gasteiger partial charge in [-0.25, -0.2) is 0 Å². The highest BCUT2D eigenvalue weighted by molar-refractivity contribution is 7.23. The Morgan fingerprint density at radius 2 is 0.798 bits per heavy atom. The van der Waals surface area contributed by atoms with E-state index in [1.807, 2.05) is 65.8 Å². The van der Waals surface area contributed by atoms with Gasteiger partial charge in [0.05, 0.1) is 6.61 Å². The van der Waals surface area contributed by atoms with Crippen LogP contribution in [0.4, 0.5) is 43.9 Å². The van der Waals surface area contributed by atoms with Crippen LogP contribution in [-0.4, -0.2) is 53.4 Å². The number of ether oxygens (including phenoxy) is 1. The van der Waals surface area contributed by atoms with E-state index < -0.39 is 37.0 Å². The van der Waals surface area contributed by atoms with E-state index in [2.05, 4.69) is 74.5 Å². The molecule has 480 valence electrons. The van der Waals surface area contributed by atoms with Gasteiger partial charge in [-0.15, -0.1) is 34.3 Å². The molecule has 0 radical (unpaired) electrons. The molecule has 0 saturated carbocycles. The summed E-state index contributed by atoms with van der Waals surface area (Å²) >= 11 is 8.82. The number of hydrogen-bond acceptors (Lipinski definition) is 6. The molecule has 2 aromatic heterocycles. The van der Waals surface area contributed by atoms with E-state index in [4.69, 9.17) is 16.3 Å². The Labute approximate surface area is 529 Å². The van der Waals surface area contributed by atoms with Crippen molar-refractivity contribution in [2.45, 2.75) is 169 Å². The Bertz CT molecular complexity index is 3560. The standard InChI is InChI=1S/C36H39F5O2S.C23H18O2S.C13H22ClF5/c1-24-9-12-27(13-10-24)33-31(29-18-11-25(2)23-30(29)44-33)32(42)26-14-16-28(17-15-26)43-22-7-5-6-19-34(3,4)20-8-21-35(37,38)36(39,40)41;1-14-3-6-17(7-4-14)23-21(19-12-5-15(2)13-20(19)26-23)22(25)16-8-10-18(24)11-9-16;1-11(2,7-4-3-5-10-14)8-6-9-12(15,16)13(17,18)19/h9-18,23H,5-8,19-22H2,1-4H3;3-13,24H,1-2H3;3-10H2,1-2H3. The first-order valence-electron chi connectivity index (χ1n) is 30.0. The number of rotatable bonds is 26. The molecule has 0 aliphatic heterocycles. The van der Waals surface area contributed by atoms with E-state index in [1.54, 1.807) is 71.2 Å². The average molecular weight is 1300 g/mol. The van der Waals surface area contributed by atoms with E-state index in [0.29, 0.717) is 47.8 Å². The highest BCUT2D eigenvalue weighted by Crippen LogP contribution is 2.45. The van der Waals surface area contributed by atoms with E-state index in [0.717, 1.165) is 109 Å².